The molecule has 0 aliphatic carbocycles. The number of rotatable bonds is 6. The van der Waals surface area contributed by atoms with Crippen LogP contribution < -0.4 is 4.74 Å². The number of hydrogen-bond acceptors (Lipinski definition) is 6. The Morgan fingerprint density at radius 2 is 2.10 bits per heavy atom. The van der Waals surface area contributed by atoms with Crippen molar-refractivity contribution < 1.29 is 19.7 Å². The highest BCUT2D eigenvalue weighted by Gasteiger charge is 2.11. The van der Waals surface area contributed by atoms with Gasteiger partial charge in [-0.15, -0.1) is 10.2 Å². The average Bonchev–Trinajstić information content (AvgIpc) is 2.82. The highest BCUT2D eigenvalue weighted by molar-refractivity contribution is 5.87. The number of aryl methyl sites for hydroxylation is 1. The number of aliphatic hydroxyl groups excluding tert-OH is 1. The van der Waals surface area contributed by atoms with Gasteiger partial charge in [0, 0.05) is 6.42 Å². The maximum atomic E-state index is 10.7. The molecule has 0 saturated carbocycles. The van der Waals surface area contributed by atoms with Crippen LogP contribution in [-0.4, -0.2) is 49.1 Å². The van der Waals surface area contributed by atoms with Crippen LogP contribution in [0.5, 0.6) is 5.75 Å². The predicted octanol–water partition coefficient (Wildman–Crippen LogP) is -0.109. The van der Waals surface area contributed by atoms with E-state index in [1.807, 2.05) is 0 Å². The minimum atomic E-state index is -0.995. The summed E-state index contributed by atoms with van der Waals surface area (Å²) in [6.45, 7) is 0.0602. The Hall–Kier alpha value is -2.48. The Balaban J connectivity index is 1.83. The minimum Gasteiger partial charge on any atom is -0.491 e. The second-order valence-electron chi connectivity index (χ2n) is 4.19. The molecule has 1 heterocycles. The minimum absolute atomic E-state index is 0.0602. The summed E-state index contributed by atoms with van der Waals surface area (Å²) in [4.78, 5) is 12.0. The summed E-state index contributed by atoms with van der Waals surface area (Å²) in [5, 5.41) is 29.9. The lowest BCUT2D eigenvalue weighted by Crippen LogP contribution is -2.21. The van der Waals surface area contributed by atoms with E-state index in [4.69, 9.17) is 9.84 Å². The van der Waals surface area contributed by atoms with Crippen molar-refractivity contribution in [3.8, 4) is 5.75 Å². The molecular weight excluding hydrogens is 264 g/mol. The molecule has 1 aromatic carbocycles. The van der Waals surface area contributed by atoms with Crippen LogP contribution in [0.15, 0.2) is 24.3 Å². The number of ether oxygens (including phenoxy) is 1. The van der Waals surface area contributed by atoms with Gasteiger partial charge in [-0.1, -0.05) is 0 Å². The normalized spacial score (nSPS) is 12.1. The lowest BCUT2D eigenvalue weighted by molar-refractivity contribution is 0.0696. The highest BCUT2D eigenvalue weighted by atomic mass is 16.5. The van der Waals surface area contributed by atoms with Crippen LogP contribution >= 0.6 is 0 Å². The van der Waals surface area contributed by atoms with Crippen molar-refractivity contribution in [2.24, 2.45) is 7.05 Å². The lowest BCUT2D eigenvalue weighted by Gasteiger charge is -2.10. The second kappa shape index (κ2) is 6.11. The molecule has 0 unspecified atom stereocenters. The highest BCUT2D eigenvalue weighted by Crippen LogP contribution is 2.12. The second-order valence-corrected chi connectivity index (χ2v) is 4.19. The molecule has 106 valence electrons. The molecule has 20 heavy (non-hydrogen) atoms. The fourth-order valence-electron chi connectivity index (χ4n) is 1.56. The molecule has 0 aliphatic rings. The topological polar surface area (TPSA) is 110 Å². The maximum absolute atomic E-state index is 10.7. The summed E-state index contributed by atoms with van der Waals surface area (Å²) >= 11 is 0. The van der Waals surface area contributed by atoms with E-state index in [2.05, 4.69) is 15.4 Å². The summed E-state index contributed by atoms with van der Waals surface area (Å²) in [6, 6.07) is 5.95. The van der Waals surface area contributed by atoms with Crippen molar-refractivity contribution in [1.82, 2.24) is 20.2 Å². The van der Waals surface area contributed by atoms with Gasteiger partial charge in [-0.2, -0.15) is 4.80 Å². The van der Waals surface area contributed by atoms with E-state index in [-0.39, 0.29) is 18.6 Å². The molecule has 0 amide bonds. The number of tetrazole rings is 1. The van der Waals surface area contributed by atoms with E-state index in [0.29, 0.717) is 11.6 Å². The third kappa shape index (κ3) is 3.75. The molecule has 0 radical (unpaired) electrons. The van der Waals surface area contributed by atoms with Gasteiger partial charge in [-0.3, -0.25) is 0 Å². The molecule has 2 aromatic rings. The van der Waals surface area contributed by atoms with Gasteiger partial charge in [-0.05, 0) is 29.5 Å². The van der Waals surface area contributed by atoms with E-state index in [0.717, 1.165) is 0 Å². The summed E-state index contributed by atoms with van der Waals surface area (Å²) in [5.41, 5.74) is 0.182. The van der Waals surface area contributed by atoms with Crippen LogP contribution in [0.25, 0.3) is 0 Å². The zero-order valence-electron chi connectivity index (χ0n) is 10.8. The molecule has 2 rings (SSSR count). The van der Waals surface area contributed by atoms with E-state index in [1.54, 1.807) is 7.05 Å². The number of aliphatic hydroxyl groups is 1. The Morgan fingerprint density at radius 1 is 1.40 bits per heavy atom. The number of benzene rings is 1. The van der Waals surface area contributed by atoms with E-state index < -0.39 is 12.1 Å². The summed E-state index contributed by atoms with van der Waals surface area (Å²) in [5.74, 6) is -0.0729. The molecule has 0 bridgehead atoms. The quantitative estimate of drug-likeness (QED) is 0.758. The Bertz CT molecular complexity index is 581. The molecule has 0 fully saturated rings. The first-order valence-electron chi connectivity index (χ1n) is 5.91. The van der Waals surface area contributed by atoms with Gasteiger partial charge in [0.25, 0.3) is 0 Å². The van der Waals surface area contributed by atoms with Crippen molar-refractivity contribution in [1.29, 1.82) is 0 Å². The Labute approximate surface area is 114 Å². The first-order chi connectivity index (χ1) is 9.54. The number of hydrogen-bond donors (Lipinski definition) is 2. The number of carbonyl (C=O) groups is 1. The SMILES string of the molecule is Cn1nnc(C[C@@H](O)COc2ccc(C(=O)O)cc2)n1. The predicted molar refractivity (Wildman–Crippen MR) is 67.4 cm³/mol. The van der Waals surface area contributed by atoms with Gasteiger partial charge in [0.2, 0.25) is 0 Å². The van der Waals surface area contributed by atoms with Crippen molar-refractivity contribution in [3.05, 3.63) is 35.7 Å². The van der Waals surface area contributed by atoms with Crippen LogP contribution in [0.4, 0.5) is 0 Å². The summed E-state index contributed by atoms with van der Waals surface area (Å²) < 4.78 is 5.36. The Morgan fingerprint density at radius 3 is 2.65 bits per heavy atom. The largest absolute Gasteiger partial charge is 0.491 e. The molecule has 0 spiro atoms. The molecule has 0 saturated heterocycles. The monoisotopic (exact) mass is 278 g/mol. The number of nitrogens with zero attached hydrogens (tertiary/aromatic N) is 4. The standard InChI is InChI=1S/C12H14N4O4/c1-16-14-11(13-15-16)6-9(17)7-20-10-4-2-8(3-5-10)12(18)19/h2-5,9,17H,6-7H2,1H3,(H,18,19)/t9-/m1/s1. The van der Waals surface area contributed by atoms with Crippen LogP contribution in [0.3, 0.4) is 0 Å². The number of aromatic nitrogens is 4. The zero-order chi connectivity index (χ0) is 14.5. The van der Waals surface area contributed by atoms with Gasteiger partial charge in [0.1, 0.15) is 12.4 Å². The molecule has 2 N–H and O–H groups in total. The van der Waals surface area contributed by atoms with E-state index in [9.17, 15) is 9.90 Å². The molecular formula is C12H14N4O4. The van der Waals surface area contributed by atoms with Gasteiger partial charge in [-0.25, -0.2) is 4.79 Å². The van der Waals surface area contributed by atoms with E-state index >= 15 is 0 Å². The van der Waals surface area contributed by atoms with Crippen molar-refractivity contribution in [3.63, 3.8) is 0 Å². The lowest BCUT2D eigenvalue weighted by atomic mass is 10.2. The average molecular weight is 278 g/mol. The van der Waals surface area contributed by atoms with Gasteiger partial charge < -0.3 is 14.9 Å². The van der Waals surface area contributed by atoms with Gasteiger partial charge in [0.15, 0.2) is 5.82 Å². The van der Waals surface area contributed by atoms with Crippen molar-refractivity contribution in [2.45, 2.75) is 12.5 Å². The van der Waals surface area contributed by atoms with E-state index in [1.165, 1.54) is 29.1 Å². The first-order valence-corrected chi connectivity index (χ1v) is 5.91. The van der Waals surface area contributed by atoms with Crippen LogP contribution in [0.2, 0.25) is 0 Å². The van der Waals surface area contributed by atoms with Crippen molar-refractivity contribution >= 4 is 5.97 Å². The molecule has 1 aromatic heterocycles. The number of carboxylic acids is 1. The number of carboxylic acid groups (broad SMARTS) is 1. The summed E-state index contributed by atoms with van der Waals surface area (Å²) in [7, 11) is 1.64. The van der Waals surface area contributed by atoms with Gasteiger partial charge >= 0.3 is 5.97 Å². The van der Waals surface area contributed by atoms with Gasteiger partial charge in [0.05, 0.1) is 18.7 Å². The molecule has 8 heteroatoms. The molecule has 1 atom stereocenters. The molecule has 8 nitrogen and oxygen atoms in total. The zero-order valence-corrected chi connectivity index (χ0v) is 10.8. The Kier molecular flexibility index (Phi) is 4.26. The fraction of sp³-hybridized carbons (Fsp3) is 0.333. The number of aromatic carboxylic acids is 1. The third-order valence-electron chi connectivity index (χ3n) is 2.51. The van der Waals surface area contributed by atoms with Crippen LogP contribution in [0, 0.1) is 0 Å². The van der Waals surface area contributed by atoms with Crippen molar-refractivity contribution in [2.75, 3.05) is 6.61 Å². The fourth-order valence-corrected chi connectivity index (χ4v) is 1.56. The molecule has 0 aliphatic heterocycles. The van der Waals surface area contributed by atoms with Crippen LogP contribution in [0.1, 0.15) is 16.2 Å². The third-order valence-corrected chi connectivity index (χ3v) is 2.51. The maximum Gasteiger partial charge on any atom is 0.335 e. The summed E-state index contributed by atoms with van der Waals surface area (Å²) in [6.07, 6.45) is -0.528. The first kappa shape index (κ1) is 13.9. The van der Waals surface area contributed by atoms with Crippen LogP contribution in [-0.2, 0) is 13.5 Å². The smallest absolute Gasteiger partial charge is 0.335 e.